The molecule has 0 bridgehead atoms. The van der Waals surface area contributed by atoms with Gasteiger partial charge in [0.25, 0.3) is 5.91 Å². The molecule has 1 aromatic heterocycles. The molecule has 0 spiro atoms. The number of para-hydroxylation sites is 1. The van der Waals surface area contributed by atoms with Gasteiger partial charge < -0.3 is 21.3 Å². The number of hydrogen-bond donors (Lipinski definition) is 3. The molecule has 0 radical (unpaired) electrons. The minimum absolute atomic E-state index is 0.0170. The summed E-state index contributed by atoms with van der Waals surface area (Å²) in [7, 11) is 4.37. The molecular weight excluding hydrogens is 450 g/mol. The maximum atomic E-state index is 13.4. The fraction of sp³-hybridized carbons (Fsp3) is 0.414. The number of carbonyl (C=O) groups is 2. The lowest BCUT2D eigenvalue weighted by molar-refractivity contribution is -0.895. The summed E-state index contributed by atoms with van der Waals surface area (Å²) in [5.41, 5.74) is 11.1. The van der Waals surface area contributed by atoms with Crippen LogP contribution in [0.25, 0.3) is 10.9 Å². The molecule has 7 heteroatoms. The van der Waals surface area contributed by atoms with E-state index in [-0.39, 0.29) is 24.2 Å². The van der Waals surface area contributed by atoms with Gasteiger partial charge >= 0.3 is 0 Å². The summed E-state index contributed by atoms with van der Waals surface area (Å²) in [4.78, 5) is 29.7. The largest absolute Gasteiger partial charge is 0.353 e. The molecule has 36 heavy (non-hydrogen) atoms. The Hall–Kier alpha value is -3.13. The summed E-state index contributed by atoms with van der Waals surface area (Å²) in [6.07, 6.45) is 5.03. The van der Waals surface area contributed by atoms with Crippen molar-refractivity contribution < 1.29 is 30.5 Å². The van der Waals surface area contributed by atoms with Crippen molar-refractivity contribution >= 4 is 22.6 Å². The SMILES string of the molecule is C[N+](C)(CC[NH3+])CCC[C@H]([NH3+])C(=O)N[C@H](CCc1ccccc1)C(=O)Cc1c[nH+]c2ccccc2c1. The first-order valence-electron chi connectivity index (χ1n) is 13.0. The fourth-order valence-corrected chi connectivity index (χ4v) is 4.59. The molecule has 0 fully saturated rings. The van der Waals surface area contributed by atoms with Gasteiger partial charge in [-0.05, 0) is 30.5 Å². The number of aromatic amines is 1. The first-order valence-corrected chi connectivity index (χ1v) is 13.0. The molecular formula is C29H43N5O2+4. The van der Waals surface area contributed by atoms with Crippen LogP contribution in [0, 0.1) is 0 Å². The van der Waals surface area contributed by atoms with E-state index in [9.17, 15) is 9.59 Å². The molecule has 0 saturated carbocycles. The molecule has 1 amide bonds. The lowest BCUT2D eigenvalue weighted by Gasteiger charge is -2.28. The van der Waals surface area contributed by atoms with E-state index in [1.165, 1.54) is 0 Å². The van der Waals surface area contributed by atoms with E-state index >= 15 is 0 Å². The average Bonchev–Trinajstić information content (AvgIpc) is 2.86. The molecule has 192 valence electrons. The smallest absolute Gasteiger partial charge is 0.278 e. The molecule has 0 unspecified atom stereocenters. The maximum Gasteiger partial charge on any atom is 0.278 e. The van der Waals surface area contributed by atoms with Crippen LogP contribution in [0.4, 0.5) is 0 Å². The third-order valence-corrected chi connectivity index (χ3v) is 6.81. The summed E-state index contributed by atoms with van der Waals surface area (Å²) >= 11 is 0. The molecule has 0 saturated heterocycles. The van der Waals surface area contributed by atoms with E-state index < -0.39 is 6.04 Å². The predicted octanol–water partition coefficient (Wildman–Crippen LogP) is 0.592. The quantitative estimate of drug-likeness (QED) is 0.285. The van der Waals surface area contributed by atoms with Crippen LogP contribution in [0.1, 0.15) is 30.4 Å². The number of likely N-dealkylation sites (N-methyl/N-ethyl adjacent to an activating group) is 1. The van der Waals surface area contributed by atoms with E-state index in [2.05, 4.69) is 48.0 Å². The van der Waals surface area contributed by atoms with Crippen molar-refractivity contribution in [3.05, 3.63) is 78.0 Å². The number of nitrogens with zero attached hydrogens (tertiary/aromatic N) is 1. The second-order valence-corrected chi connectivity index (χ2v) is 10.4. The number of hydrogen-bond acceptors (Lipinski definition) is 2. The highest BCUT2D eigenvalue weighted by Crippen LogP contribution is 2.13. The second-order valence-electron chi connectivity index (χ2n) is 10.4. The summed E-state index contributed by atoms with van der Waals surface area (Å²) in [5.74, 6) is -0.127. The van der Waals surface area contributed by atoms with Gasteiger partial charge in [-0.3, -0.25) is 9.59 Å². The Morgan fingerprint density at radius 3 is 2.44 bits per heavy atom. The van der Waals surface area contributed by atoms with Gasteiger partial charge in [0.05, 0.1) is 26.7 Å². The molecule has 1 heterocycles. The number of ketones is 1. The van der Waals surface area contributed by atoms with Crippen molar-refractivity contribution in [3.8, 4) is 0 Å². The van der Waals surface area contributed by atoms with Gasteiger partial charge in [0, 0.05) is 36.3 Å². The highest BCUT2D eigenvalue weighted by atomic mass is 16.2. The van der Waals surface area contributed by atoms with Crippen molar-refractivity contribution in [2.75, 3.05) is 33.7 Å². The Kier molecular flexibility index (Phi) is 10.1. The number of pyridine rings is 1. The van der Waals surface area contributed by atoms with Crippen LogP contribution in [-0.4, -0.2) is 62.0 Å². The summed E-state index contributed by atoms with van der Waals surface area (Å²) < 4.78 is 0.888. The Balaban J connectivity index is 1.64. The highest BCUT2D eigenvalue weighted by Gasteiger charge is 2.26. The molecule has 3 aromatic rings. The Morgan fingerprint density at radius 2 is 1.69 bits per heavy atom. The number of H-pyrrole nitrogens is 1. The minimum Gasteiger partial charge on any atom is -0.353 e. The van der Waals surface area contributed by atoms with Crippen molar-refractivity contribution in [2.45, 2.75) is 44.2 Å². The molecule has 7 nitrogen and oxygen atoms in total. The lowest BCUT2D eigenvalue weighted by atomic mass is 9.97. The maximum absolute atomic E-state index is 13.4. The van der Waals surface area contributed by atoms with Crippen LogP contribution < -0.4 is 21.8 Å². The van der Waals surface area contributed by atoms with E-state index in [4.69, 9.17) is 0 Å². The van der Waals surface area contributed by atoms with Crippen LogP contribution in [0.3, 0.4) is 0 Å². The fourth-order valence-electron chi connectivity index (χ4n) is 4.59. The zero-order chi connectivity index (χ0) is 26.0. The number of benzene rings is 2. The highest BCUT2D eigenvalue weighted by molar-refractivity contribution is 5.91. The monoisotopic (exact) mass is 493 g/mol. The number of nitrogens with one attached hydrogen (secondary N) is 2. The van der Waals surface area contributed by atoms with E-state index in [0.29, 0.717) is 12.8 Å². The van der Waals surface area contributed by atoms with Crippen molar-refractivity contribution in [1.82, 2.24) is 5.32 Å². The number of aromatic nitrogens is 1. The molecule has 0 aliphatic heterocycles. The third kappa shape index (κ3) is 8.52. The summed E-state index contributed by atoms with van der Waals surface area (Å²) in [6.45, 7) is 2.88. The molecule has 0 aliphatic carbocycles. The number of aryl methyl sites for hydroxylation is 1. The topological polar surface area (TPSA) is 116 Å². The number of quaternary nitrogens is 3. The van der Waals surface area contributed by atoms with E-state index in [1.54, 1.807) is 0 Å². The van der Waals surface area contributed by atoms with Crippen molar-refractivity contribution in [3.63, 3.8) is 0 Å². The Morgan fingerprint density at radius 1 is 0.972 bits per heavy atom. The van der Waals surface area contributed by atoms with Gasteiger partial charge in [-0.25, -0.2) is 4.98 Å². The normalized spacial score (nSPS) is 13.3. The van der Waals surface area contributed by atoms with Gasteiger partial charge in [0.2, 0.25) is 5.52 Å². The number of fused-ring (bicyclic) bond motifs is 1. The number of carbonyl (C=O) groups excluding carboxylic acids is 2. The van der Waals surface area contributed by atoms with Gasteiger partial charge in [-0.2, -0.15) is 0 Å². The third-order valence-electron chi connectivity index (χ3n) is 6.81. The lowest BCUT2D eigenvalue weighted by Crippen LogP contribution is -2.68. The molecule has 0 aliphatic rings. The van der Waals surface area contributed by atoms with E-state index in [0.717, 1.165) is 59.0 Å². The number of Topliss-reactive ketones (excluding diaryl/α,β-unsaturated/α-hetero) is 1. The summed E-state index contributed by atoms with van der Waals surface area (Å²) in [5, 5.41) is 4.10. The van der Waals surface area contributed by atoms with Gasteiger partial charge in [0.15, 0.2) is 18.0 Å². The first-order chi connectivity index (χ1) is 17.3. The van der Waals surface area contributed by atoms with Crippen molar-refractivity contribution in [1.29, 1.82) is 0 Å². The average molecular weight is 494 g/mol. The van der Waals surface area contributed by atoms with Gasteiger partial charge in [-0.1, -0.05) is 42.5 Å². The Labute approximate surface area is 214 Å². The van der Waals surface area contributed by atoms with Crippen LogP contribution in [0.2, 0.25) is 0 Å². The Bertz CT molecular complexity index is 1130. The van der Waals surface area contributed by atoms with Crippen LogP contribution in [0.5, 0.6) is 0 Å². The summed E-state index contributed by atoms with van der Waals surface area (Å²) in [6, 6.07) is 19.2. The second kappa shape index (κ2) is 13.3. The zero-order valence-corrected chi connectivity index (χ0v) is 21.8. The molecule has 3 rings (SSSR count). The molecule has 2 atom stereocenters. The first kappa shape index (κ1) is 27.5. The van der Waals surface area contributed by atoms with Gasteiger partial charge in [0.1, 0.15) is 13.1 Å². The number of rotatable bonds is 14. The standard InChI is InChI=1S/C29H39N5O2/c1-34(2,18-16-30)17-8-12-25(31)29(36)33-27(15-14-22-9-4-3-5-10-22)28(35)20-23-19-24-11-6-7-13-26(24)32-21-23/h3-7,9-11,13,19,21,25,27H,8,12,14-18,20,30-31H2,1-2H3/p+4/t25-,27+/m0/s1. The van der Waals surface area contributed by atoms with Gasteiger partial charge in [-0.15, -0.1) is 0 Å². The molecule has 2 aromatic carbocycles. The van der Waals surface area contributed by atoms with E-state index in [1.807, 2.05) is 54.7 Å². The van der Waals surface area contributed by atoms with Crippen LogP contribution in [-0.2, 0) is 22.4 Å². The van der Waals surface area contributed by atoms with Crippen molar-refractivity contribution in [2.24, 2.45) is 0 Å². The zero-order valence-electron chi connectivity index (χ0n) is 21.8. The predicted molar refractivity (Wildman–Crippen MR) is 141 cm³/mol. The minimum atomic E-state index is -0.549. The molecule has 8 N–H and O–H groups in total. The van der Waals surface area contributed by atoms with Crippen LogP contribution >= 0.6 is 0 Å². The van der Waals surface area contributed by atoms with Crippen LogP contribution in [0.15, 0.2) is 66.9 Å². The number of amides is 1.